The lowest BCUT2D eigenvalue weighted by Crippen LogP contribution is -2.27. The number of benzene rings is 2. The van der Waals surface area contributed by atoms with Gasteiger partial charge in [-0.15, -0.1) is 0 Å². The van der Waals surface area contributed by atoms with E-state index in [1.165, 1.54) is 0 Å². The van der Waals surface area contributed by atoms with Gasteiger partial charge in [0.15, 0.2) is 11.6 Å². The Kier molecular flexibility index (Phi) is 3.09. The topological polar surface area (TPSA) is 26.0 Å². The third-order valence-electron chi connectivity index (χ3n) is 4.37. The van der Waals surface area contributed by atoms with Crippen molar-refractivity contribution in [2.45, 2.75) is 31.2 Å². The lowest BCUT2D eigenvalue weighted by atomic mass is 9.84. The van der Waals surface area contributed by atoms with E-state index < -0.39 is 17.7 Å². The summed E-state index contributed by atoms with van der Waals surface area (Å²) in [5.74, 6) is -1.60. The first-order valence-corrected chi connectivity index (χ1v) is 6.82. The van der Waals surface area contributed by atoms with Crippen LogP contribution < -0.4 is 5.73 Å². The highest BCUT2D eigenvalue weighted by molar-refractivity contribution is 5.39. The zero-order valence-corrected chi connectivity index (χ0v) is 11.4. The fourth-order valence-corrected chi connectivity index (χ4v) is 2.88. The minimum atomic E-state index is -0.806. The van der Waals surface area contributed by atoms with Gasteiger partial charge in [0.1, 0.15) is 0 Å². The maximum absolute atomic E-state index is 14.1. The molecule has 3 heteroatoms. The molecular weight excluding hydrogens is 256 g/mol. The Morgan fingerprint density at radius 3 is 2.25 bits per heavy atom. The van der Waals surface area contributed by atoms with Crippen LogP contribution in [-0.2, 0) is 5.41 Å². The van der Waals surface area contributed by atoms with Crippen LogP contribution in [0, 0.1) is 18.6 Å². The first kappa shape index (κ1) is 13.3. The third kappa shape index (κ3) is 1.93. The van der Waals surface area contributed by atoms with Crippen molar-refractivity contribution in [1.29, 1.82) is 0 Å². The molecule has 1 atom stereocenters. The molecule has 0 heterocycles. The van der Waals surface area contributed by atoms with Crippen LogP contribution in [0.5, 0.6) is 0 Å². The number of hydrogen-bond acceptors (Lipinski definition) is 1. The van der Waals surface area contributed by atoms with Crippen molar-refractivity contribution in [2.75, 3.05) is 0 Å². The second-order valence-corrected chi connectivity index (χ2v) is 5.60. The third-order valence-corrected chi connectivity index (χ3v) is 4.37. The number of rotatable bonds is 3. The fourth-order valence-electron chi connectivity index (χ4n) is 2.88. The number of halogens is 2. The van der Waals surface area contributed by atoms with Crippen LogP contribution in [0.15, 0.2) is 42.5 Å². The van der Waals surface area contributed by atoms with E-state index in [9.17, 15) is 8.78 Å². The summed E-state index contributed by atoms with van der Waals surface area (Å²) in [4.78, 5) is 0. The zero-order valence-electron chi connectivity index (χ0n) is 11.4. The standard InChI is InChI=1S/C17H17F2N/c1-11-7-8-13(15(19)14(11)18)16(20)17(9-10-17)12-5-3-2-4-6-12/h2-8,16H,9-10,20H2,1H3. The van der Waals surface area contributed by atoms with Crippen LogP contribution in [0.4, 0.5) is 8.78 Å². The fraction of sp³-hybridized carbons (Fsp3) is 0.294. The van der Waals surface area contributed by atoms with Crippen molar-refractivity contribution in [3.05, 3.63) is 70.8 Å². The first-order chi connectivity index (χ1) is 9.56. The first-order valence-electron chi connectivity index (χ1n) is 6.82. The molecule has 2 aromatic rings. The Morgan fingerprint density at radius 2 is 1.65 bits per heavy atom. The molecule has 1 fully saturated rings. The molecule has 104 valence electrons. The quantitative estimate of drug-likeness (QED) is 0.898. The monoisotopic (exact) mass is 273 g/mol. The number of aryl methyl sites for hydroxylation is 1. The number of nitrogens with two attached hydrogens (primary N) is 1. The van der Waals surface area contributed by atoms with Crippen molar-refractivity contribution in [1.82, 2.24) is 0 Å². The second kappa shape index (κ2) is 4.67. The molecule has 0 aromatic heterocycles. The van der Waals surface area contributed by atoms with Gasteiger partial charge in [0.2, 0.25) is 0 Å². The van der Waals surface area contributed by atoms with E-state index in [1.54, 1.807) is 19.1 Å². The molecule has 1 saturated carbocycles. The SMILES string of the molecule is Cc1ccc(C(N)C2(c3ccccc3)CC2)c(F)c1F. The summed E-state index contributed by atoms with van der Waals surface area (Å²) in [6.45, 7) is 1.55. The van der Waals surface area contributed by atoms with Crippen molar-refractivity contribution < 1.29 is 8.78 Å². The van der Waals surface area contributed by atoms with E-state index in [0.717, 1.165) is 18.4 Å². The number of hydrogen-bond donors (Lipinski definition) is 1. The van der Waals surface area contributed by atoms with E-state index in [1.807, 2.05) is 30.3 Å². The van der Waals surface area contributed by atoms with E-state index in [-0.39, 0.29) is 11.0 Å². The molecule has 20 heavy (non-hydrogen) atoms. The van der Waals surface area contributed by atoms with Crippen LogP contribution in [0.1, 0.15) is 35.6 Å². The zero-order chi connectivity index (χ0) is 14.3. The average molecular weight is 273 g/mol. The lowest BCUT2D eigenvalue weighted by Gasteiger charge is -2.25. The van der Waals surface area contributed by atoms with E-state index in [4.69, 9.17) is 5.73 Å². The van der Waals surface area contributed by atoms with Gasteiger partial charge < -0.3 is 5.73 Å². The Labute approximate surface area is 117 Å². The summed E-state index contributed by atoms with van der Waals surface area (Å²) in [7, 11) is 0. The van der Waals surface area contributed by atoms with Gasteiger partial charge in [-0.25, -0.2) is 8.78 Å². The largest absolute Gasteiger partial charge is 0.323 e. The van der Waals surface area contributed by atoms with Gasteiger partial charge in [-0.1, -0.05) is 42.5 Å². The van der Waals surface area contributed by atoms with E-state index >= 15 is 0 Å². The summed E-state index contributed by atoms with van der Waals surface area (Å²) in [5, 5.41) is 0. The Morgan fingerprint density at radius 1 is 1.00 bits per heavy atom. The molecule has 0 amide bonds. The molecular formula is C17H17F2N. The molecule has 0 bridgehead atoms. The van der Waals surface area contributed by atoms with Crippen molar-refractivity contribution in [3.8, 4) is 0 Å². The van der Waals surface area contributed by atoms with Crippen LogP contribution in [0.2, 0.25) is 0 Å². The van der Waals surface area contributed by atoms with Crippen LogP contribution in [0.25, 0.3) is 0 Å². The summed E-state index contributed by atoms with van der Waals surface area (Å²) < 4.78 is 27.9. The van der Waals surface area contributed by atoms with Gasteiger partial charge >= 0.3 is 0 Å². The summed E-state index contributed by atoms with van der Waals surface area (Å²) in [6, 6.07) is 12.6. The predicted octanol–water partition coefficient (Wildman–Crippen LogP) is 4.00. The smallest absolute Gasteiger partial charge is 0.163 e. The summed E-state index contributed by atoms with van der Waals surface area (Å²) >= 11 is 0. The van der Waals surface area contributed by atoms with Gasteiger partial charge in [-0.3, -0.25) is 0 Å². The van der Waals surface area contributed by atoms with Crippen molar-refractivity contribution in [2.24, 2.45) is 5.73 Å². The van der Waals surface area contributed by atoms with Gasteiger partial charge in [0.05, 0.1) is 0 Å². The van der Waals surface area contributed by atoms with Crippen LogP contribution in [0.3, 0.4) is 0 Å². The minimum Gasteiger partial charge on any atom is -0.323 e. The highest BCUT2D eigenvalue weighted by Crippen LogP contribution is 2.55. The van der Waals surface area contributed by atoms with E-state index in [2.05, 4.69) is 0 Å². The summed E-state index contributed by atoms with van der Waals surface area (Å²) in [6.07, 6.45) is 1.82. The van der Waals surface area contributed by atoms with Crippen molar-refractivity contribution in [3.63, 3.8) is 0 Å². The van der Waals surface area contributed by atoms with Crippen LogP contribution >= 0.6 is 0 Å². The van der Waals surface area contributed by atoms with E-state index in [0.29, 0.717) is 5.56 Å². The molecule has 2 aromatic carbocycles. The lowest BCUT2D eigenvalue weighted by molar-refractivity contribution is 0.459. The highest BCUT2D eigenvalue weighted by atomic mass is 19.2. The molecule has 1 aliphatic rings. The normalized spacial score (nSPS) is 17.8. The molecule has 2 N–H and O–H groups in total. The average Bonchev–Trinajstić information content (AvgIpc) is 3.27. The Balaban J connectivity index is 2.02. The highest BCUT2D eigenvalue weighted by Gasteiger charge is 2.50. The van der Waals surface area contributed by atoms with Gasteiger partial charge in [-0.05, 0) is 30.9 Å². The Hall–Kier alpha value is -1.74. The summed E-state index contributed by atoms with van der Waals surface area (Å²) in [5.41, 5.74) is 7.72. The predicted molar refractivity (Wildman–Crippen MR) is 75.4 cm³/mol. The van der Waals surface area contributed by atoms with Gasteiger partial charge in [0.25, 0.3) is 0 Å². The molecule has 1 nitrogen and oxygen atoms in total. The van der Waals surface area contributed by atoms with Gasteiger partial charge in [-0.2, -0.15) is 0 Å². The molecule has 0 saturated heterocycles. The molecule has 0 spiro atoms. The molecule has 0 radical (unpaired) electrons. The molecule has 1 unspecified atom stereocenters. The second-order valence-electron chi connectivity index (χ2n) is 5.60. The Bertz CT molecular complexity index is 633. The molecule has 0 aliphatic heterocycles. The van der Waals surface area contributed by atoms with Crippen LogP contribution in [-0.4, -0.2) is 0 Å². The van der Waals surface area contributed by atoms with Gasteiger partial charge in [0, 0.05) is 17.0 Å². The van der Waals surface area contributed by atoms with Crippen molar-refractivity contribution >= 4 is 0 Å². The molecule has 3 rings (SSSR count). The minimum absolute atomic E-state index is 0.246. The molecule has 1 aliphatic carbocycles. The maximum Gasteiger partial charge on any atom is 0.163 e. The maximum atomic E-state index is 14.1.